The summed E-state index contributed by atoms with van der Waals surface area (Å²) in [4.78, 5) is 31.5. The molecule has 1 aromatic carbocycles. The fourth-order valence-corrected chi connectivity index (χ4v) is 3.87. The molecule has 3 rings (SSSR count). The minimum Gasteiger partial charge on any atom is -0.340 e. The number of hydrogen-bond acceptors (Lipinski definition) is 3. The van der Waals surface area contributed by atoms with Crippen molar-refractivity contribution in [3.63, 3.8) is 0 Å². The smallest absolute Gasteiger partial charge is 0.253 e. The molecule has 2 amide bonds. The first-order chi connectivity index (χ1) is 12.1. The van der Waals surface area contributed by atoms with Crippen LogP contribution in [0.5, 0.6) is 0 Å². The predicted octanol–water partition coefficient (Wildman–Crippen LogP) is 2.36. The predicted molar refractivity (Wildman–Crippen MR) is 98.8 cm³/mol. The molecule has 0 unspecified atom stereocenters. The van der Waals surface area contributed by atoms with Crippen molar-refractivity contribution in [2.75, 3.05) is 45.8 Å². The van der Waals surface area contributed by atoms with E-state index in [1.165, 1.54) is 0 Å². The minimum atomic E-state index is 0.00459. The number of amides is 2. The molecule has 2 heterocycles. The summed E-state index contributed by atoms with van der Waals surface area (Å²) in [5.41, 5.74) is 0.618. The zero-order valence-corrected chi connectivity index (χ0v) is 15.5. The van der Waals surface area contributed by atoms with E-state index >= 15 is 0 Å². The Morgan fingerprint density at radius 3 is 2.32 bits per heavy atom. The summed E-state index contributed by atoms with van der Waals surface area (Å²) < 4.78 is 0. The maximum Gasteiger partial charge on any atom is 0.253 e. The fourth-order valence-electron chi connectivity index (χ4n) is 3.68. The molecule has 0 aromatic heterocycles. The van der Waals surface area contributed by atoms with Crippen molar-refractivity contribution < 1.29 is 9.59 Å². The number of halogens is 1. The molecule has 1 aromatic rings. The first kappa shape index (κ1) is 18.2. The molecule has 0 radical (unpaired) electrons. The quantitative estimate of drug-likeness (QED) is 0.828. The van der Waals surface area contributed by atoms with Gasteiger partial charge in [0.05, 0.1) is 0 Å². The van der Waals surface area contributed by atoms with E-state index in [9.17, 15) is 9.59 Å². The highest BCUT2D eigenvalue weighted by atomic mass is 35.5. The SMILES string of the molecule is CCN1CCN(C(=O)C2CCN(C(=O)c3cccc(Cl)c3)CC2)CC1. The molecule has 5 nitrogen and oxygen atoms in total. The van der Waals surface area contributed by atoms with Crippen LogP contribution >= 0.6 is 11.6 Å². The van der Waals surface area contributed by atoms with E-state index in [2.05, 4.69) is 11.8 Å². The Hall–Kier alpha value is -1.59. The van der Waals surface area contributed by atoms with Crippen molar-refractivity contribution in [1.29, 1.82) is 0 Å². The second-order valence-electron chi connectivity index (χ2n) is 6.84. The van der Waals surface area contributed by atoms with Gasteiger partial charge >= 0.3 is 0 Å². The highest BCUT2D eigenvalue weighted by Crippen LogP contribution is 2.22. The number of likely N-dealkylation sites (N-methyl/N-ethyl adjacent to an activating group) is 1. The third kappa shape index (κ3) is 4.33. The van der Waals surface area contributed by atoms with Gasteiger partial charge in [-0.2, -0.15) is 0 Å². The van der Waals surface area contributed by atoms with E-state index in [1.807, 2.05) is 9.80 Å². The summed E-state index contributed by atoms with van der Waals surface area (Å²) in [6.45, 7) is 8.06. The van der Waals surface area contributed by atoms with Crippen LogP contribution in [0.3, 0.4) is 0 Å². The van der Waals surface area contributed by atoms with Gasteiger partial charge in [-0.05, 0) is 37.6 Å². The summed E-state index contributed by atoms with van der Waals surface area (Å²) >= 11 is 5.97. The van der Waals surface area contributed by atoms with Gasteiger partial charge in [0.25, 0.3) is 5.91 Å². The van der Waals surface area contributed by atoms with Gasteiger partial charge in [0.15, 0.2) is 0 Å². The topological polar surface area (TPSA) is 43.9 Å². The zero-order valence-electron chi connectivity index (χ0n) is 14.8. The Balaban J connectivity index is 1.51. The molecule has 0 atom stereocenters. The van der Waals surface area contributed by atoms with Crippen LogP contribution in [0.15, 0.2) is 24.3 Å². The Labute approximate surface area is 154 Å². The number of hydrogen-bond donors (Lipinski definition) is 0. The monoisotopic (exact) mass is 363 g/mol. The summed E-state index contributed by atoms with van der Waals surface area (Å²) in [5.74, 6) is 0.326. The van der Waals surface area contributed by atoms with Crippen LogP contribution in [-0.4, -0.2) is 72.3 Å². The molecule has 2 aliphatic heterocycles. The molecule has 0 bridgehead atoms. The van der Waals surface area contributed by atoms with Gasteiger partial charge in [-0.1, -0.05) is 24.6 Å². The minimum absolute atomic E-state index is 0.00459. The largest absolute Gasteiger partial charge is 0.340 e. The molecular weight excluding hydrogens is 338 g/mol. The molecule has 136 valence electrons. The van der Waals surface area contributed by atoms with Gasteiger partial charge in [0.2, 0.25) is 5.91 Å². The van der Waals surface area contributed by atoms with Crippen molar-refractivity contribution in [2.24, 2.45) is 5.92 Å². The van der Waals surface area contributed by atoms with Gasteiger partial charge < -0.3 is 14.7 Å². The molecular formula is C19H26ClN3O2. The summed E-state index contributed by atoms with van der Waals surface area (Å²) in [6.07, 6.45) is 1.50. The third-order valence-corrected chi connectivity index (χ3v) is 5.57. The number of nitrogens with zero attached hydrogens (tertiary/aromatic N) is 3. The molecule has 2 fully saturated rings. The van der Waals surface area contributed by atoms with E-state index in [4.69, 9.17) is 11.6 Å². The highest BCUT2D eigenvalue weighted by molar-refractivity contribution is 6.30. The van der Waals surface area contributed by atoms with E-state index in [0.717, 1.165) is 45.6 Å². The van der Waals surface area contributed by atoms with Crippen LogP contribution < -0.4 is 0 Å². The second kappa shape index (κ2) is 8.19. The van der Waals surface area contributed by atoms with Crippen LogP contribution in [0, 0.1) is 5.92 Å². The summed E-state index contributed by atoms with van der Waals surface area (Å²) in [7, 11) is 0. The lowest BCUT2D eigenvalue weighted by Crippen LogP contribution is -2.51. The van der Waals surface area contributed by atoms with E-state index in [0.29, 0.717) is 23.7 Å². The molecule has 0 N–H and O–H groups in total. The Bertz CT molecular complexity index is 621. The molecule has 2 aliphatic rings. The third-order valence-electron chi connectivity index (χ3n) is 5.33. The van der Waals surface area contributed by atoms with E-state index in [-0.39, 0.29) is 17.7 Å². The molecule has 0 saturated carbocycles. The zero-order chi connectivity index (χ0) is 17.8. The molecule has 2 saturated heterocycles. The molecule has 6 heteroatoms. The number of piperazine rings is 1. The van der Waals surface area contributed by atoms with Crippen LogP contribution in [0.1, 0.15) is 30.1 Å². The van der Waals surface area contributed by atoms with Crippen molar-refractivity contribution in [3.8, 4) is 0 Å². The normalized spacial score (nSPS) is 19.9. The van der Waals surface area contributed by atoms with Crippen molar-refractivity contribution in [2.45, 2.75) is 19.8 Å². The van der Waals surface area contributed by atoms with Crippen molar-refractivity contribution in [1.82, 2.24) is 14.7 Å². The Morgan fingerprint density at radius 2 is 1.72 bits per heavy atom. The lowest BCUT2D eigenvalue weighted by molar-refractivity contribution is -0.138. The van der Waals surface area contributed by atoms with Gasteiger partial charge in [-0.15, -0.1) is 0 Å². The summed E-state index contributed by atoms with van der Waals surface area (Å²) in [5, 5.41) is 0.571. The summed E-state index contributed by atoms with van der Waals surface area (Å²) in [6, 6.07) is 7.05. The number of likely N-dealkylation sites (tertiary alicyclic amines) is 1. The Morgan fingerprint density at radius 1 is 1.04 bits per heavy atom. The van der Waals surface area contributed by atoms with Gasteiger partial charge in [0.1, 0.15) is 0 Å². The number of benzene rings is 1. The maximum absolute atomic E-state index is 12.7. The number of rotatable bonds is 3. The van der Waals surface area contributed by atoms with Gasteiger partial charge in [0, 0.05) is 55.8 Å². The number of carbonyl (C=O) groups excluding carboxylic acids is 2. The molecule has 0 spiro atoms. The van der Waals surface area contributed by atoms with Crippen LogP contribution in [0.25, 0.3) is 0 Å². The van der Waals surface area contributed by atoms with Crippen molar-refractivity contribution >= 4 is 23.4 Å². The highest BCUT2D eigenvalue weighted by Gasteiger charge is 2.31. The van der Waals surface area contributed by atoms with Gasteiger partial charge in [-0.3, -0.25) is 9.59 Å². The molecule has 25 heavy (non-hydrogen) atoms. The number of piperidine rings is 1. The van der Waals surface area contributed by atoms with E-state index < -0.39 is 0 Å². The first-order valence-corrected chi connectivity index (χ1v) is 9.52. The lowest BCUT2D eigenvalue weighted by atomic mass is 9.94. The van der Waals surface area contributed by atoms with Crippen LogP contribution in [-0.2, 0) is 4.79 Å². The standard InChI is InChI=1S/C19H26ClN3O2/c1-2-21-10-12-23(13-11-21)18(24)15-6-8-22(9-7-15)19(25)16-4-3-5-17(20)14-16/h3-5,14-15H,2,6-13H2,1H3. The van der Waals surface area contributed by atoms with E-state index in [1.54, 1.807) is 24.3 Å². The second-order valence-corrected chi connectivity index (χ2v) is 7.27. The fraction of sp³-hybridized carbons (Fsp3) is 0.579. The van der Waals surface area contributed by atoms with Gasteiger partial charge in [-0.25, -0.2) is 0 Å². The maximum atomic E-state index is 12.7. The number of carbonyl (C=O) groups is 2. The Kier molecular flexibility index (Phi) is 5.97. The van der Waals surface area contributed by atoms with Crippen LogP contribution in [0.2, 0.25) is 5.02 Å². The average molecular weight is 364 g/mol. The average Bonchev–Trinajstić information content (AvgIpc) is 2.67. The van der Waals surface area contributed by atoms with Crippen LogP contribution in [0.4, 0.5) is 0 Å². The first-order valence-electron chi connectivity index (χ1n) is 9.14. The molecule has 0 aliphatic carbocycles. The lowest BCUT2D eigenvalue weighted by Gasteiger charge is -2.38. The van der Waals surface area contributed by atoms with Crippen molar-refractivity contribution in [3.05, 3.63) is 34.9 Å².